The molecule has 0 aliphatic heterocycles. The fourth-order valence-corrected chi connectivity index (χ4v) is 2.96. The lowest BCUT2D eigenvalue weighted by atomic mass is 10.1. The largest absolute Gasteiger partial charge is 0.496 e. The Kier molecular flexibility index (Phi) is 5.87. The van der Waals surface area contributed by atoms with Crippen LogP contribution in [0.15, 0.2) is 83.3 Å². The van der Waals surface area contributed by atoms with E-state index >= 15 is 0 Å². The molecule has 3 aromatic rings. The van der Waals surface area contributed by atoms with E-state index in [0.29, 0.717) is 11.5 Å². The molecule has 0 N–H and O–H groups in total. The van der Waals surface area contributed by atoms with Crippen molar-refractivity contribution in [2.45, 2.75) is 0 Å². The van der Waals surface area contributed by atoms with Gasteiger partial charge in [-0.2, -0.15) is 0 Å². The molecule has 3 aromatic carbocycles. The smallest absolute Gasteiger partial charge is 0.336 e. The average molecular weight is 409 g/mol. The quantitative estimate of drug-likeness (QED) is 0.306. The van der Waals surface area contributed by atoms with E-state index in [9.17, 15) is 4.79 Å². The van der Waals surface area contributed by atoms with Crippen LogP contribution in [0.25, 0.3) is 17.2 Å². The van der Waals surface area contributed by atoms with Gasteiger partial charge in [-0.25, -0.2) is 4.79 Å². The first-order valence-electron chi connectivity index (χ1n) is 8.05. The van der Waals surface area contributed by atoms with Crippen LogP contribution < -0.4 is 9.47 Å². The molecule has 26 heavy (non-hydrogen) atoms. The maximum Gasteiger partial charge on any atom is 0.336 e. The molecule has 0 saturated heterocycles. The van der Waals surface area contributed by atoms with Crippen LogP contribution in [0.1, 0.15) is 5.56 Å². The number of hydrogen-bond acceptors (Lipinski definition) is 3. The number of carbonyl (C=O) groups is 1. The topological polar surface area (TPSA) is 35.5 Å². The van der Waals surface area contributed by atoms with Crippen molar-refractivity contribution in [3.63, 3.8) is 0 Å². The standard InChI is InChI=1S/C22H17BrO3/c1-25-20-10-6-5-9-17(20)12-14-22(24)26-21-13-11-18(15-19(21)23)16-7-3-2-4-8-16/h2-15H,1H3/b14-12+. The van der Waals surface area contributed by atoms with E-state index in [1.807, 2.05) is 66.7 Å². The molecule has 0 heterocycles. The molecule has 0 aromatic heterocycles. The van der Waals surface area contributed by atoms with E-state index in [1.54, 1.807) is 19.3 Å². The van der Waals surface area contributed by atoms with Gasteiger partial charge in [-0.15, -0.1) is 0 Å². The zero-order valence-corrected chi connectivity index (χ0v) is 15.8. The monoisotopic (exact) mass is 408 g/mol. The van der Waals surface area contributed by atoms with Crippen molar-refractivity contribution < 1.29 is 14.3 Å². The molecule has 0 radical (unpaired) electrons. The number of ether oxygens (including phenoxy) is 2. The summed E-state index contributed by atoms with van der Waals surface area (Å²) in [5.74, 6) is 0.716. The van der Waals surface area contributed by atoms with Crippen LogP contribution in [0.3, 0.4) is 0 Å². The van der Waals surface area contributed by atoms with Crippen LogP contribution in [0.4, 0.5) is 0 Å². The maximum absolute atomic E-state index is 12.1. The van der Waals surface area contributed by atoms with Gasteiger partial charge in [0.15, 0.2) is 0 Å². The van der Waals surface area contributed by atoms with Crippen molar-refractivity contribution in [3.05, 3.63) is 88.9 Å². The first kappa shape index (κ1) is 18.0. The number of carbonyl (C=O) groups excluding carboxylic acids is 1. The Labute approximate surface area is 161 Å². The van der Waals surface area contributed by atoms with Gasteiger partial charge in [0.2, 0.25) is 0 Å². The summed E-state index contributed by atoms with van der Waals surface area (Å²) < 4.78 is 11.4. The summed E-state index contributed by atoms with van der Waals surface area (Å²) in [4.78, 5) is 12.1. The molecule has 0 fully saturated rings. The number of benzene rings is 3. The van der Waals surface area contributed by atoms with E-state index in [4.69, 9.17) is 9.47 Å². The Morgan fingerprint density at radius 2 is 1.62 bits per heavy atom. The van der Waals surface area contributed by atoms with Crippen molar-refractivity contribution in [2.75, 3.05) is 7.11 Å². The van der Waals surface area contributed by atoms with Crippen molar-refractivity contribution in [1.82, 2.24) is 0 Å². The first-order chi connectivity index (χ1) is 12.7. The highest BCUT2D eigenvalue weighted by Crippen LogP contribution is 2.31. The van der Waals surface area contributed by atoms with Crippen LogP contribution in [0, 0.1) is 0 Å². The van der Waals surface area contributed by atoms with Gasteiger partial charge < -0.3 is 9.47 Å². The predicted molar refractivity (Wildman–Crippen MR) is 107 cm³/mol. The number of esters is 1. The highest BCUT2D eigenvalue weighted by molar-refractivity contribution is 9.10. The second kappa shape index (κ2) is 8.50. The zero-order valence-electron chi connectivity index (χ0n) is 14.2. The second-order valence-corrected chi connectivity index (χ2v) is 6.36. The molecular formula is C22H17BrO3. The summed E-state index contributed by atoms with van der Waals surface area (Å²) in [7, 11) is 1.59. The normalized spacial score (nSPS) is 10.7. The Bertz CT molecular complexity index is 933. The van der Waals surface area contributed by atoms with E-state index in [-0.39, 0.29) is 0 Å². The minimum Gasteiger partial charge on any atom is -0.496 e. The molecule has 130 valence electrons. The number of halogens is 1. The Morgan fingerprint density at radius 3 is 2.35 bits per heavy atom. The van der Waals surface area contributed by atoms with Crippen LogP contribution >= 0.6 is 15.9 Å². The maximum atomic E-state index is 12.1. The molecule has 4 heteroatoms. The van der Waals surface area contributed by atoms with Crippen molar-refractivity contribution in [2.24, 2.45) is 0 Å². The zero-order chi connectivity index (χ0) is 18.4. The van der Waals surface area contributed by atoms with E-state index in [2.05, 4.69) is 15.9 Å². The molecule has 0 bridgehead atoms. The molecular weight excluding hydrogens is 392 g/mol. The van der Waals surface area contributed by atoms with Gasteiger partial charge in [-0.1, -0.05) is 54.6 Å². The van der Waals surface area contributed by atoms with Crippen molar-refractivity contribution in [3.8, 4) is 22.6 Å². The molecule has 3 rings (SSSR count). The Hall–Kier alpha value is -2.85. The molecule has 0 saturated carbocycles. The van der Waals surface area contributed by atoms with Crippen LogP contribution in [0.2, 0.25) is 0 Å². The average Bonchev–Trinajstić information content (AvgIpc) is 2.69. The highest BCUT2D eigenvalue weighted by Gasteiger charge is 2.08. The van der Waals surface area contributed by atoms with Gasteiger partial charge in [0.25, 0.3) is 0 Å². The lowest BCUT2D eigenvalue weighted by Crippen LogP contribution is -2.04. The Morgan fingerprint density at radius 1 is 0.885 bits per heavy atom. The molecule has 0 aliphatic rings. The number of rotatable bonds is 5. The van der Waals surface area contributed by atoms with Gasteiger partial charge in [-0.05, 0) is 51.3 Å². The molecule has 0 aliphatic carbocycles. The SMILES string of the molecule is COc1ccccc1/C=C/C(=O)Oc1ccc(-c2ccccc2)cc1Br. The van der Waals surface area contributed by atoms with Gasteiger partial charge in [0.1, 0.15) is 11.5 Å². The number of para-hydroxylation sites is 1. The van der Waals surface area contributed by atoms with E-state index in [1.165, 1.54) is 6.08 Å². The third-order valence-corrected chi connectivity index (χ3v) is 4.41. The summed E-state index contributed by atoms with van der Waals surface area (Å²) in [5.41, 5.74) is 2.95. The van der Waals surface area contributed by atoms with Crippen molar-refractivity contribution in [1.29, 1.82) is 0 Å². The predicted octanol–water partition coefficient (Wildman–Crippen LogP) is 5.74. The number of methoxy groups -OCH3 is 1. The van der Waals surface area contributed by atoms with E-state index in [0.717, 1.165) is 21.2 Å². The van der Waals surface area contributed by atoms with Crippen LogP contribution in [0.5, 0.6) is 11.5 Å². The summed E-state index contributed by atoms with van der Waals surface area (Å²) >= 11 is 3.47. The summed E-state index contributed by atoms with van der Waals surface area (Å²) in [6.07, 6.45) is 3.06. The minimum atomic E-state index is -0.455. The number of hydrogen-bond donors (Lipinski definition) is 0. The lowest BCUT2D eigenvalue weighted by Gasteiger charge is -2.07. The second-order valence-electron chi connectivity index (χ2n) is 5.51. The fraction of sp³-hybridized carbons (Fsp3) is 0.0455. The summed E-state index contributed by atoms with van der Waals surface area (Å²) in [6.45, 7) is 0. The minimum absolute atomic E-state index is 0.455. The molecule has 0 spiro atoms. The molecule has 0 unspecified atom stereocenters. The van der Waals surface area contributed by atoms with Gasteiger partial charge in [0, 0.05) is 11.6 Å². The third kappa shape index (κ3) is 4.41. The third-order valence-electron chi connectivity index (χ3n) is 3.79. The molecule has 0 amide bonds. The van der Waals surface area contributed by atoms with Crippen LogP contribution in [-0.4, -0.2) is 13.1 Å². The van der Waals surface area contributed by atoms with Gasteiger partial charge in [-0.3, -0.25) is 0 Å². The van der Waals surface area contributed by atoms with Crippen LogP contribution in [-0.2, 0) is 4.79 Å². The van der Waals surface area contributed by atoms with Gasteiger partial charge in [0.05, 0.1) is 11.6 Å². The molecule has 0 atom stereocenters. The summed E-state index contributed by atoms with van der Waals surface area (Å²) in [6, 6.07) is 23.1. The molecule has 3 nitrogen and oxygen atoms in total. The van der Waals surface area contributed by atoms with Crippen molar-refractivity contribution >= 4 is 28.0 Å². The summed E-state index contributed by atoms with van der Waals surface area (Å²) in [5, 5.41) is 0. The Balaban J connectivity index is 1.72. The van der Waals surface area contributed by atoms with E-state index < -0.39 is 5.97 Å². The lowest BCUT2D eigenvalue weighted by molar-refractivity contribution is -0.128. The van der Waals surface area contributed by atoms with Gasteiger partial charge >= 0.3 is 5.97 Å². The fourth-order valence-electron chi connectivity index (χ4n) is 2.50. The highest BCUT2D eigenvalue weighted by atomic mass is 79.9. The first-order valence-corrected chi connectivity index (χ1v) is 8.84.